The van der Waals surface area contributed by atoms with Gasteiger partial charge in [-0.05, 0) is 18.3 Å². The zero-order valence-corrected chi connectivity index (χ0v) is 9.65. The first-order valence-corrected chi connectivity index (χ1v) is 5.94. The Morgan fingerprint density at radius 1 is 1.27 bits per heavy atom. The van der Waals surface area contributed by atoms with Gasteiger partial charge in [0, 0.05) is 5.33 Å². The predicted molar refractivity (Wildman–Crippen MR) is 56.3 cm³/mol. The van der Waals surface area contributed by atoms with Crippen LogP contribution in [0.3, 0.4) is 0 Å². The molecule has 0 bridgehead atoms. The van der Waals surface area contributed by atoms with Gasteiger partial charge in [-0.15, -0.1) is 0 Å². The molecule has 0 radical (unpaired) electrons. The summed E-state index contributed by atoms with van der Waals surface area (Å²) in [5.74, 6) is 1.79. The summed E-state index contributed by atoms with van der Waals surface area (Å²) >= 11 is 3.59. The third kappa shape index (κ3) is 4.84. The molecule has 0 fully saturated rings. The van der Waals surface area contributed by atoms with E-state index >= 15 is 0 Å². The van der Waals surface area contributed by atoms with Gasteiger partial charge in [0.25, 0.3) is 0 Å². The molecule has 0 heterocycles. The SMILES string of the molecule is CCCCC(CBr)C(C)CC. The van der Waals surface area contributed by atoms with Gasteiger partial charge in [0.15, 0.2) is 0 Å². The smallest absolute Gasteiger partial charge is 0.00622 e. The Morgan fingerprint density at radius 3 is 2.27 bits per heavy atom. The van der Waals surface area contributed by atoms with Crippen molar-refractivity contribution in [2.45, 2.75) is 46.5 Å². The van der Waals surface area contributed by atoms with Crippen molar-refractivity contribution in [3.05, 3.63) is 0 Å². The van der Waals surface area contributed by atoms with Crippen molar-refractivity contribution >= 4 is 15.9 Å². The molecule has 0 amide bonds. The Balaban J connectivity index is 3.56. The van der Waals surface area contributed by atoms with Gasteiger partial charge in [0.05, 0.1) is 0 Å². The maximum atomic E-state index is 3.59. The third-order valence-electron chi connectivity index (χ3n) is 2.58. The van der Waals surface area contributed by atoms with E-state index in [9.17, 15) is 0 Å². The monoisotopic (exact) mass is 220 g/mol. The van der Waals surface area contributed by atoms with Crippen LogP contribution in [0.25, 0.3) is 0 Å². The second kappa shape index (κ2) is 7.15. The lowest BCUT2D eigenvalue weighted by molar-refractivity contribution is 0.354. The molecule has 0 aromatic rings. The number of alkyl halides is 1. The van der Waals surface area contributed by atoms with Gasteiger partial charge >= 0.3 is 0 Å². The number of hydrogen-bond acceptors (Lipinski definition) is 0. The highest BCUT2D eigenvalue weighted by molar-refractivity contribution is 9.09. The lowest BCUT2D eigenvalue weighted by Crippen LogP contribution is -2.12. The average molecular weight is 221 g/mol. The highest BCUT2D eigenvalue weighted by atomic mass is 79.9. The molecule has 2 atom stereocenters. The molecule has 0 aliphatic rings. The number of hydrogen-bond donors (Lipinski definition) is 0. The molecule has 0 saturated heterocycles. The van der Waals surface area contributed by atoms with E-state index in [1.165, 1.54) is 31.0 Å². The first kappa shape index (κ1) is 11.5. The van der Waals surface area contributed by atoms with Gasteiger partial charge in [-0.3, -0.25) is 0 Å². The van der Waals surface area contributed by atoms with Crippen LogP contribution in [-0.4, -0.2) is 5.33 Å². The lowest BCUT2D eigenvalue weighted by Gasteiger charge is -2.19. The summed E-state index contributed by atoms with van der Waals surface area (Å²) in [5.41, 5.74) is 0. The van der Waals surface area contributed by atoms with Crippen LogP contribution in [0.4, 0.5) is 0 Å². The van der Waals surface area contributed by atoms with Gasteiger partial charge in [-0.2, -0.15) is 0 Å². The van der Waals surface area contributed by atoms with E-state index in [-0.39, 0.29) is 0 Å². The van der Waals surface area contributed by atoms with E-state index in [1.807, 2.05) is 0 Å². The normalized spacial score (nSPS) is 16.4. The average Bonchev–Trinajstić information content (AvgIpc) is 2.05. The van der Waals surface area contributed by atoms with E-state index < -0.39 is 0 Å². The third-order valence-corrected chi connectivity index (χ3v) is 3.41. The maximum Gasteiger partial charge on any atom is 0.00622 e. The van der Waals surface area contributed by atoms with Crippen LogP contribution < -0.4 is 0 Å². The minimum absolute atomic E-state index is 0.890. The summed E-state index contributed by atoms with van der Waals surface area (Å²) in [6, 6.07) is 0. The van der Waals surface area contributed by atoms with E-state index in [0.29, 0.717) is 0 Å². The molecule has 0 aromatic carbocycles. The molecule has 0 spiro atoms. The van der Waals surface area contributed by atoms with Crippen molar-refractivity contribution in [1.29, 1.82) is 0 Å². The van der Waals surface area contributed by atoms with Crippen LogP contribution in [0.5, 0.6) is 0 Å². The zero-order chi connectivity index (χ0) is 8.69. The standard InChI is InChI=1S/C10H21Br/c1-4-6-7-10(8-11)9(3)5-2/h9-10H,4-8H2,1-3H3. The molecule has 0 rings (SSSR count). The Kier molecular flexibility index (Phi) is 7.46. The van der Waals surface area contributed by atoms with Crippen molar-refractivity contribution < 1.29 is 0 Å². The minimum atomic E-state index is 0.890. The Bertz CT molecular complexity index is 80.9. The van der Waals surface area contributed by atoms with Crippen LogP contribution in [0, 0.1) is 11.8 Å². The minimum Gasteiger partial charge on any atom is -0.0925 e. The summed E-state index contributed by atoms with van der Waals surface area (Å²) in [7, 11) is 0. The molecule has 0 aliphatic carbocycles. The molecular weight excluding hydrogens is 200 g/mol. The summed E-state index contributed by atoms with van der Waals surface area (Å²) < 4.78 is 0. The summed E-state index contributed by atoms with van der Waals surface area (Å²) in [4.78, 5) is 0. The molecule has 0 N–H and O–H groups in total. The molecule has 11 heavy (non-hydrogen) atoms. The molecule has 0 nitrogen and oxygen atoms in total. The molecule has 0 aliphatic heterocycles. The number of halogens is 1. The molecule has 2 unspecified atom stereocenters. The van der Waals surface area contributed by atoms with Crippen molar-refractivity contribution in [1.82, 2.24) is 0 Å². The van der Waals surface area contributed by atoms with Crippen molar-refractivity contribution in [3.8, 4) is 0 Å². The van der Waals surface area contributed by atoms with Crippen molar-refractivity contribution in [2.75, 3.05) is 5.33 Å². The van der Waals surface area contributed by atoms with Crippen LogP contribution in [0.2, 0.25) is 0 Å². The second-order valence-electron chi connectivity index (χ2n) is 3.44. The maximum absolute atomic E-state index is 3.59. The van der Waals surface area contributed by atoms with Gasteiger partial charge in [0.2, 0.25) is 0 Å². The van der Waals surface area contributed by atoms with Gasteiger partial charge in [-0.25, -0.2) is 0 Å². The van der Waals surface area contributed by atoms with Gasteiger partial charge < -0.3 is 0 Å². The molecule has 0 aromatic heterocycles. The molecule has 1 heteroatoms. The number of rotatable bonds is 6. The first-order valence-electron chi connectivity index (χ1n) is 4.82. The van der Waals surface area contributed by atoms with E-state index in [0.717, 1.165) is 11.8 Å². The fourth-order valence-corrected chi connectivity index (χ4v) is 2.28. The summed E-state index contributed by atoms with van der Waals surface area (Å²) in [5, 5.41) is 1.18. The quantitative estimate of drug-likeness (QED) is 0.588. The van der Waals surface area contributed by atoms with Crippen LogP contribution in [0.15, 0.2) is 0 Å². The highest BCUT2D eigenvalue weighted by Crippen LogP contribution is 2.22. The van der Waals surface area contributed by atoms with E-state index in [2.05, 4.69) is 36.7 Å². The topological polar surface area (TPSA) is 0 Å². The zero-order valence-electron chi connectivity index (χ0n) is 8.07. The van der Waals surface area contributed by atoms with Gasteiger partial charge in [0.1, 0.15) is 0 Å². The largest absolute Gasteiger partial charge is 0.0925 e. The Hall–Kier alpha value is 0.480. The Morgan fingerprint density at radius 2 is 1.91 bits per heavy atom. The second-order valence-corrected chi connectivity index (χ2v) is 4.09. The number of unbranched alkanes of at least 4 members (excludes halogenated alkanes) is 1. The Labute approximate surface area is 79.9 Å². The molecular formula is C10H21Br. The summed E-state index contributed by atoms with van der Waals surface area (Å²) in [6.07, 6.45) is 5.44. The van der Waals surface area contributed by atoms with Crippen LogP contribution in [0.1, 0.15) is 46.5 Å². The molecule has 68 valence electrons. The predicted octanol–water partition coefficient (Wildman–Crippen LogP) is 4.23. The van der Waals surface area contributed by atoms with Crippen LogP contribution in [-0.2, 0) is 0 Å². The fourth-order valence-electron chi connectivity index (χ4n) is 1.31. The fraction of sp³-hybridized carbons (Fsp3) is 1.00. The van der Waals surface area contributed by atoms with Gasteiger partial charge in [-0.1, -0.05) is 56.0 Å². The first-order chi connectivity index (χ1) is 5.26. The highest BCUT2D eigenvalue weighted by Gasteiger charge is 2.12. The lowest BCUT2D eigenvalue weighted by atomic mass is 9.89. The van der Waals surface area contributed by atoms with Crippen LogP contribution >= 0.6 is 15.9 Å². The van der Waals surface area contributed by atoms with E-state index in [1.54, 1.807) is 0 Å². The van der Waals surface area contributed by atoms with Crippen molar-refractivity contribution in [3.63, 3.8) is 0 Å². The van der Waals surface area contributed by atoms with E-state index in [4.69, 9.17) is 0 Å². The summed E-state index contributed by atoms with van der Waals surface area (Å²) in [6.45, 7) is 6.91. The molecule has 0 saturated carbocycles. The van der Waals surface area contributed by atoms with Crippen molar-refractivity contribution in [2.24, 2.45) is 11.8 Å².